The van der Waals surface area contributed by atoms with Crippen LogP contribution in [0.15, 0.2) is 22.8 Å². The van der Waals surface area contributed by atoms with Crippen LogP contribution in [0, 0.1) is 0 Å². The van der Waals surface area contributed by atoms with E-state index in [0.717, 1.165) is 5.76 Å². The number of furan rings is 1. The number of carbonyl (C=O) groups is 1. The van der Waals surface area contributed by atoms with E-state index in [1.54, 1.807) is 6.26 Å². The fourth-order valence-electron chi connectivity index (χ4n) is 4.60. The van der Waals surface area contributed by atoms with Gasteiger partial charge in [0.05, 0.1) is 12.8 Å². The molecule has 0 radical (unpaired) electrons. The monoisotopic (exact) mass is 620 g/mol. The van der Waals surface area contributed by atoms with E-state index in [4.69, 9.17) is 31.0 Å². The van der Waals surface area contributed by atoms with Gasteiger partial charge in [0.15, 0.2) is 8.24 Å². The Kier molecular flexibility index (Phi) is 17.8. The number of carbonyl (C=O) groups excluding carboxylic acids is 1. The standard InChI is InChI=1S/C27H56N2O8Si3/c1-10-32-39(33-11-2,34-12-3)23-17-20-28(21-18-24-40(35-13-4,36-14-5)37-15-6)27(30)29(38(7,8)9)25-26-19-16-22-31-26/h16,19,22H,10-15,17-18,20-21,23-25H2,1-9H3. The van der Waals surface area contributed by atoms with Gasteiger partial charge in [-0.25, -0.2) is 4.79 Å². The second-order valence-electron chi connectivity index (χ2n) is 10.3. The number of rotatable bonds is 23. The Morgan fingerprint density at radius 1 is 0.725 bits per heavy atom. The largest absolute Gasteiger partial charge is 0.500 e. The fourth-order valence-corrected chi connectivity index (χ4v) is 11.1. The molecule has 0 aromatic carbocycles. The lowest BCUT2D eigenvalue weighted by atomic mass is 10.3. The Bertz CT molecular complexity index is 729. The Hall–Kier alpha value is -1.04. The zero-order valence-electron chi connectivity index (χ0n) is 26.6. The average Bonchev–Trinajstić information content (AvgIpc) is 3.40. The molecule has 0 aliphatic carbocycles. The van der Waals surface area contributed by atoms with E-state index < -0.39 is 25.8 Å². The van der Waals surface area contributed by atoms with Crippen molar-refractivity contribution in [2.24, 2.45) is 0 Å². The summed E-state index contributed by atoms with van der Waals surface area (Å²) in [6.07, 6.45) is 3.07. The first kappa shape index (κ1) is 37.0. The molecule has 0 fully saturated rings. The molecule has 1 aromatic heterocycles. The predicted molar refractivity (Wildman–Crippen MR) is 165 cm³/mol. The lowest BCUT2D eigenvalue weighted by molar-refractivity contribution is 0.0693. The van der Waals surface area contributed by atoms with E-state index in [0.29, 0.717) is 84.2 Å². The maximum Gasteiger partial charge on any atom is 0.500 e. The molecule has 0 saturated heterocycles. The maximum atomic E-state index is 14.2. The molecule has 1 rings (SSSR count). The van der Waals surface area contributed by atoms with Crippen LogP contribution in [0.2, 0.25) is 31.7 Å². The van der Waals surface area contributed by atoms with E-state index in [1.807, 2.05) is 63.1 Å². The highest BCUT2D eigenvalue weighted by atomic mass is 28.4. The molecule has 0 spiro atoms. The van der Waals surface area contributed by atoms with Crippen LogP contribution in [0.4, 0.5) is 4.79 Å². The minimum absolute atomic E-state index is 0.0172. The highest BCUT2D eigenvalue weighted by Gasteiger charge is 2.42. The van der Waals surface area contributed by atoms with Gasteiger partial charge < -0.3 is 40.4 Å². The van der Waals surface area contributed by atoms with Gasteiger partial charge in [-0.15, -0.1) is 0 Å². The SMILES string of the molecule is CCO[Si](CCCN(CCC[Si](OCC)(OCC)OCC)C(=O)N(Cc1ccco1)[Si](C)(C)C)(OCC)OCC. The van der Waals surface area contributed by atoms with Gasteiger partial charge in [0, 0.05) is 64.8 Å². The molecule has 0 atom stereocenters. The molecule has 1 heterocycles. The zero-order valence-corrected chi connectivity index (χ0v) is 29.6. The lowest BCUT2D eigenvalue weighted by Gasteiger charge is -2.38. The van der Waals surface area contributed by atoms with E-state index in [1.165, 1.54) is 0 Å². The van der Waals surface area contributed by atoms with Gasteiger partial charge in [-0.05, 0) is 66.5 Å². The van der Waals surface area contributed by atoms with Crippen LogP contribution in [0.3, 0.4) is 0 Å². The molecular formula is C27H56N2O8Si3. The molecule has 40 heavy (non-hydrogen) atoms. The normalized spacial score (nSPS) is 12.6. The van der Waals surface area contributed by atoms with E-state index >= 15 is 0 Å². The number of hydrogen-bond acceptors (Lipinski definition) is 8. The van der Waals surface area contributed by atoms with Crippen LogP contribution < -0.4 is 0 Å². The zero-order chi connectivity index (χ0) is 30.1. The third-order valence-corrected chi connectivity index (χ3v) is 14.5. The number of urea groups is 1. The van der Waals surface area contributed by atoms with Crippen LogP contribution >= 0.6 is 0 Å². The first-order valence-electron chi connectivity index (χ1n) is 15.0. The Labute approximate surface area is 246 Å². The van der Waals surface area contributed by atoms with Crippen molar-refractivity contribution in [1.29, 1.82) is 0 Å². The molecular weight excluding hydrogens is 565 g/mol. The summed E-state index contributed by atoms with van der Waals surface area (Å²) in [5.41, 5.74) is 0. The summed E-state index contributed by atoms with van der Waals surface area (Å²) in [7, 11) is -7.68. The van der Waals surface area contributed by atoms with Crippen molar-refractivity contribution in [2.45, 2.75) is 92.7 Å². The highest BCUT2D eigenvalue weighted by molar-refractivity contribution is 6.75. The first-order valence-corrected chi connectivity index (χ1v) is 22.3. The molecule has 0 N–H and O–H groups in total. The van der Waals surface area contributed by atoms with Gasteiger partial charge in [-0.2, -0.15) is 0 Å². The molecule has 0 aliphatic rings. The van der Waals surface area contributed by atoms with Gasteiger partial charge in [0.2, 0.25) is 0 Å². The molecule has 0 saturated carbocycles. The summed E-state index contributed by atoms with van der Waals surface area (Å²) in [4.78, 5) is 16.1. The number of nitrogens with zero attached hydrogens (tertiary/aromatic N) is 2. The fraction of sp³-hybridized carbons (Fsp3) is 0.815. The van der Waals surface area contributed by atoms with Gasteiger partial charge in [-0.3, -0.25) is 0 Å². The summed E-state index contributed by atoms with van der Waals surface area (Å²) >= 11 is 0. The van der Waals surface area contributed by atoms with Crippen molar-refractivity contribution in [3.05, 3.63) is 24.2 Å². The Balaban J connectivity index is 3.17. The highest BCUT2D eigenvalue weighted by Crippen LogP contribution is 2.23. The van der Waals surface area contributed by atoms with Gasteiger partial charge >= 0.3 is 23.6 Å². The number of amides is 2. The summed E-state index contributed by atoms with van der Waals surface area (Å²) in [5, 5.41) is 0. The topological polar surface area (TPSA) is 92.1 Å². The third kappa shape index (κ3) is 12.4. The second-order valence-corrected chi connectivity index (χ2v) is 20.6. The maximum absolute atomic E-state index is 14.2. The second kappa shape index (κ2) is 19.2. The van der Waals surface area contributed by atoms with Gasteiger partial charge in [0.1, 0.15) is 5.76 Å². The van der Waals surface area contributed by atoms with Crippen molar-refractivity contribution in [2.75, 3.05) is 52.7 Å². The van der Waals surface area contributed by atoms with Gasteiger partial charge in [0.25, 0.3) is 0 Å². The smallest absolute Gasteiger partial charge is 0.467 e. The third-order valence-electron chi connectivity index (χ3n) is 6.21. The molecule has 0 bridgehead atoms. The van der Waals surface area contributed by atoms with Crippen molar-refractivity contribution in [3.63, 3.8) is 0 Å². The average molecular weight is 621 g/mol. The Morgan fingerprint density at radius 3 is 1.43 bits per heavy atom. The molecule has 10 nitrogen and oxygen atoms in total. The summed E-state index contributed by atoms with van der Waals surface area (Å²) in [6.45, 7) is 23.0. The summed E-state index contributed by atoms with van der Waals surface area (Å²) in [6, 6.07) is 5.09. The van der Waals surface area contributed by atoms with Crippen LogP contribution in [-0.2, 0) is 33.1 Å². The molecule has 234 valence electrons. The van der Waals surface area contributed by atoms with E-state index in [9.17, 15) is 4.79 Å². The van der Waals surface area contributed by atoms with Gasteiger partial charge in [-0.1, -0.05) is 19.6 Å². The predicted octanol–water partition coefficient (Wildman–Crippen LogP) is 6.22. The summed E-state index contributed by atoms with van der Waals surface area (Å²) < 4.78 is 44.0. The minimum Gasteiger partial charge on any atom is -0.467 e. The number of hydrogen-bond donors (Lipinski definition) is 0. The van der Waals surface area contributed by atoms with Crippen LogP contribution in [0.1, 0.15) is 60.1 Å². The molecule has 1 aromatic rings. The van der Waals surface area contributed by atoms with Crippen LogP contribution in [0.25, 0.3) is 0 Å². The summed E-state index contributed by atoms with van der Waals surface area (Å²) in [5.74, 6) is 0.779. The minimum atomic E-state index is -2.82. The van der Waals surface area contributed by atoms with Crippen molar-refractivity contribution >= 4 is 31.9 Å². The quantitative estimate of drug-likeness (QED) is 0.133. The van der Waals surface area contributed by atoms with Crippen LogP contribution in [-0.4, -0.2) is 94.1 Å². The Morgan fingerprint density at radius 2 is 1.12 bits per heavy atom. The lowest BCUT2D eigenvalue weighted by Crippen LogP contribution is -2.55. The molecule has 13 heteroatoms. The van der Waals surface area contributed by atoms with Crippen LogP contribution in [0.5, 0.6) is 0 Å². The molecule has 0 aliphatic heterocycles. The van der Waals surface area contributed by atoms with E-state index in [-0.39, 0.29) is 6.03 Å². The molecule has 2 amide bonds. The first-order chi connectivity index (χ1) is 19.1. The van der Waals surface area contributed by atoms with Crippen molar-refractivity contribution < 1.29 is 35.8 Å². The van der Waals surface area contributed by atoms with Crippen molar-refractivity contribution in [3.8, 4) is 0 Å². The molecule has 0 unspecified atom stereocenters. The van der Waals surface area contributed by atoms with Crippen molar-refractivity contribution in [1.82, 2.24) is 9.47 Å². The van der Waals surface area contributed by atoms with E-state index in [2.05, 4.69) is 19.6 Å².